The van der Waals surface area contributed by atoms with Crippen LogP contribution in [0, 0.1) is 6.92 Å². The molecular weight excluding hydrogens is 288 g/mol. The second-order valence-corrected chi connectivity index (χ2v) is 6.96. The van der Waals surface area contributed by atoms with Gasteiger partial charge in [0.2, 0.25) is 0 Å². The van der Waals surface area contributed by atoms with E-state index in [-0.39, 0.29) is 10.8 Å². The first-order chi connectivity index (χ1) is 9.86. The number of aromatic nitrogens is 2. The number of nitrogens with zero attached hydrogens (tertiary/aromatic N) is 2. The molecule has 0 saturated carbocycles. The topological polar surface area (TPSA) is 61.2 Å². The van der Waals surface area contributed by atoms with E-state index in [1.807, 2.05) is 26.8 Å². The molecule has 0 aliphatic carbocycles. The summed E-state index contributed by atoms with van der Waals surface area (Å²) >= 11 is 0. The molecule has 0 radical (unpaired) electrons. The molecule has 1 heterocycles. The molecule has 0 unspecified atom stereocenters. The third-order valence-corrected chi connectivity index (χ3v) is 4.81. The van der Waals surface area contributed by atoms with Crippen molar-refractivity contribution in [3.05, 3.63) is 42.0 Å². The van der Waals surface area contributed by atoms with Crippen LogP contribution in [0.1, 0.15) is 37.9 Å². The van der Waals surface area contributed by atoms with Crippen LogP contribution in [0.25, 0.3) is 0 Å². The quantitative estimate of drug-likeness (QED) is 0.852. The molecule has 114 valence electrons. The zero-order valence-electron chi connectivity index (χ0n) is 12.7. The van der Waals surface area contributed by atoms with Crippen molar-refractivity contribution in [2.45, 2.75) is 38.5 Å². The maximum Gasteiger partial charge on any atom is 0.272 e. The molecule has 0 saturated heterocycles. The SMILES string of the molecule is CCOc1ccc(C(C)C)cc1S(=O)(=O)n1cnc(C)c1. The smallest absolute Gasteiger partial charge is 0.272 e. The Hall–Kier alpha value is -1.82. The fraction of sp³-hybridized carbons (Fsp3) is 0.400. The maximum absolute atomic E-state index is 12.8. The third kappa shape index (κ3) is 3.10. The summed E-state index contributed by atoms with van der Waals surface area (Å²) in [6, 6.07) is 5.30. The minimum Gasteiger partial charge on any atom is -0.492 e. The van der Waals surface area contributed by atoms with Crippen LogP contribution in [0.15, 0.2) is 35.6 Å². The van der Waals surface area contributed by atoms with Gasteiger partial charge >= 0.3 is 0 Å². The first-order valence-electron chi connectivity index (χ1n) is 6.89. The molecular formula is C15H20N2O3S. The van der Waals surface area contributed by atoms with Crippen LogP contribution < -0.4 is 4.74 Å². The second-order valence-electron chi connectivity index (χ2n) is 5.14. The maximum atomic E-state index is 12.8. The van der Waals surface area contributed by atoms with Gasteiger partial charge in [0.25, 0.3) is 10.0 Å². The van der Waals surface area contributed by atoms with Crippen molar-refractivity contribution in [3.8, 4) is 5.75 Å². The largest absolute Gasteiger partial charge is 0.492 e. The van der Waals surface area contributed by atoms with Crippen molar-refractivity contribution in [1.82, 2.24) is 8.96 Å². The summed E-state index contributed by atoms with van der Waals surface area (Å²) in [6.45, 7) is 8.03. The Morgan fingerprint density at radius 3 is 2.57 bits per heavy atom. The van der Waals surface area contributed by atoms with Gasteiger partial charge in [-0.2, -0.15) is 0 Å². The zero-order valence-corrected chi connectivity index (χ0v) is 13.5. The van der Waals surface area contributed by atoms with E-state index in [0.29, 0.717) is 18.1 Å². The molecule has 21 heavy (non-hydrogen) atoms. The van der Waals surface area contributed by atoms with E-state index in [0.717, 1.165) is 9.54 Å². The lowest BCUT2D eigenvalue weighted by molar-refractivity contribution is 0.331. The molecule has 0 spiro atoms. The molecule has 0 aliphatic heterocycles. The van der Waals surface area contributed by atoms with Crippen molar-refractivity contribution in [2.75, 3.05) is 6.61 Å². The van der Waals surface area contributed by atoms with Crippen molar-refractivity contribution >= 4 is 10.0 Å². The standard InChI is InChI=1S/C15H20N2O3S/c1-5-20-14-7-6-13(11(2)3)8-15(14)21(18,19)17-9-12(4)16-10-17/h6-11H,5H2,1-4H3. The molecule has 0 bridgehead atoms. The third-order valence-electron chi connectivity index (χ3n) is 3.18. The molecule has 5 nitrogen and oxygen atoms in total. The number of rotatable bonds is 5. The number of ether oxygens (including phenoxy) is 1. The summed E-state index contributed by atoms with van der Waals surface area (Å²) in [5.74, 6) is 0.604. The lowest BCUT2D eigenvalue weighted by Crippen LogP contribution is -2.13. The molecule has 0 amide bonds. The van der Waals surface area contributed by atoms with Crippen LogP contribution in [0.4, 0.5) is 0 Å². The summed E-state index contributed by atoms with van der Waals surface area (Å²) in [6.07, 6.45) is 2.80. The van der Waals surface area contributed by atoms with Gasteiger partial charge in [0.1, 0.15) is 17.0 Å². The van der Waals surface area contributed by atoms with Crippen molar-refractivity contribution in [1.29, 1.82) is 0 Å². The van der Waals surface area contributed by atoms with Gasteiger partial charge in [-0.25, -0.2) is 17.4 Å². The van der Waals surface area contributed by atoms with Gasteiger partial charge < -0.3 is 4.74 Å². The Bertz CT molecular complexity index is 733. The van der Waals surface area contributed by atoms with Gasteiger partial charge in [-0.05, 0) is 37.5 Å². The number of hydrogen-bond acceptors (Lipinski definition) is 4. The van der Waals surface area contributed by atoms with Gasteiger partial charge in [0.05, 0.1) is 12.3 Å². The van der Waals surface area contributed by atoms with Gasteiger partial charge in [0.15, 0.2) is 0 Å². The van der Waals surface area contributed by atoms with Gasteiger partial charge in [-0.1, -0.05) is 19.9 Å². The predicted molar refractivity (Wildman–Crippen MR) is 81.2 cm³/mol. The highest BCUT2D eigenvalue weighted by Gasteiger charge is 2.23. The fourth-order valence-corrected chi connectivity index (χ4v) is 3.36. The lowest BCUT2D eigenvalue weighted by Gasteiger charge is -2.14. The molecule has 0 fully saturated rings. The van der Waals surface area contributed by atoms with E-state index >= 15 is 0 Å². The van der Waals surface area contributed by atoms with Gasteiger partial charge in [-0.3, -0.25) is 0 Å². The number of imidazole rings is 1. The Morgan fingerprint density at radius 2 is 2.05 bits per heavy atom. The Labute approximate surface area is 125 Å². The second kappa shape index (κ2) is 5.89. The molecule has 1 aromatic heterocycles. The molecule has 0 N–H and O–H groups in total. The fourth-order valence-electron chi connectivity index (χ4n) is 2.00. The van der Waals surface area contributed by atoms with E-state index in [1.54, 1.807) is 19.1 Å². The summed E-state index contributed by atoms with van der Waals surface area (Å²) in [7, 11) is -3.70. The Balaban J connectivity index is 2.61. The monoisotopic (exact) mass is 308 g/mol. The normalized spacial score (nSPS) is 11.9. The molecule has 2 rings (SSSR count). The number of hydrogen-bond donors (Lipinski definition) is 0. The van der Waals surface area contributed by atoms with Crippen LogP contribution in [0.2, 0.25) is 0 Å². The van der Waals surface area contributed by atoms with Gasteiger partial charge in [-0.15, -0.1) is 0 Å². The minimum atomic E-state index is -3.70. The van der Waals surface area contributed by atoms with Crippen molar-refractivity contribution < 1.29 is 13.2 Å². The minimum absolute atomic E-state index is 0.174. The molecule has 0 aliphatic rings. The summed E-state index contributed by atoms with van der Waals surface area (Å²) < 4.78 is 32.1. The highest BCUT2D eigenvalue weighted by molar-refractivity contribution is 7.90. The van der Waals surface area contributed by atoms with Crippen LogP contribution >= 0.6 is 0 Å². The highest BCUT2D eigenvalue weighted by atomic mass is 32.2. The molecule has 0 atom stereocenters. The van der Waals surface area contributed by atoms with E-state index < -0.39 is 10.0 Å². The van der Waals surface area contributed by atoms with Crippen LogP contribution in [0.5, 0.6) is 5.75 Å². The summed E-state index contributed by atoms with van der Waals surface area (Å²) in [5.41, 5.74) is 1.60. The summed E-state index contributed by atoms with van der Waals surface area (Å²) in [4.78, 5) is 4.16. The average molecular weight is 308 g/mol. The first kappa shape index (κ1) is 15.6. The molecule has 2 aromatic rings. The average Bonchev–Trinajstić information content (AvgIpc) is 2.86. The van der Waals surface area contributed by atoms with Crippen LogP contribution in [-0.2, 0) is 10.0 Å². The van der Waals surface area contributed by atoms with Crippen LogP contribution in [-0.4, -0.2) is 24.0 Å². The Morgan fingerprint density at radius 1 is 1.33 bits per heavy atom. The lowest BCUT2D eigenvalue weighted by atomic mass is 10.0. The van der Waals surface area contributed by atoms with Crippen molar-refractivity contribution in [3.63, 3.8) is 0 Å². The summed E-state index contributed by atoms with van der Waals surface area (Å²) in [5, 5.41) is 0. The van der Waals surface area contributed by atoms with Crippen LogP contribution in [0.3, 0.4) is 0 Å². The molecule has 6 heteroatoms. The van der Waals surface area contributed by atoms with E-state index in [1.165, 1.54) is 12.5 Å². The number of benzene rings is 1. The predicted octanol–water partition coefficient (Wildman–Crippen LogP) is 2.95. The van der Waals surface area contributed by atoms with E-state index in [2.05, 4.69) is 4.98 Å². The van der Waals surface area contributed by atoms with Gasteiger partial charge in [0, 0.05) is 6.20 Å². The van der Waals surface area contributed by atoms with E-state index in [9.17, 15) is 8.42 Å². The zero-order chi connectivity index (χ0) is 15.6. The number of aryl methyl sites for hydroxylation is 1. The van der Waals surface area contributed by atoms with Crippen molar-refractivity contribution in [2.24, 2.45) is 0 Å². The highest BCUT2D eigenvalue weighted by Crippen LogP contribution is 2.29. The van der Waals surface area contributed by atoms with E-state index in [4.69, 9.17) is 4.74 Å². The Kier molecular flexibility index (Phi) is 4.37. The first-order valence-corrected chi connectivity index (χ1v) is 8.33. The molecule has 1 aromatic carbocycles.